The second-order valence-electron chi connectivity index (χ2n) is 7.20. The molecule has 1 aromatic rings. The fraction of sp³-hybridized carbons (Fsp3) is 0.550. The van der Waals surface area contributed by atoms with E-state index in [2.05, 4.69) is 47.5 Å². The number of urea groups is 1. The molecule has 0 unspecified atom stereocenters. The van der Waals surface area contributed by atoms with Crippen molar-refractivity contribution in [1.29, 1.82) is 0 Å². The molecular formula is C20H29N3O2. The van der Waals surface area contributed by atoms with Crippen molar-refractivity contribution in [2.45, 2.75) is 32.7 Å². The van der Waals surface area contributed by atoms with E-state index in [4.69, 9.17) is 0 Å². The predicted molar refractivity (Wildman–Crippen MR) is 101 cm³/mol. The molecule has 2 heterocycles. The van der Waals surface area contributed by atoms with Crippen molar-refractivity contribution < 1.29 is 9.90 Å². The summed E-state index contributed by atoms with van der Waals surface area (Å²) in [6, 6.07) is 8.36. The van der Waals surface area contributed by atoms with Crippen LogP contribution in [0.15, 0.2) is 36.4 Å². The van der Waals surface area contributed by atoms with Crippen molar-refractivity contribution in [3.63, 3.8) is 0 Å². The van der Waals surface area contributed by atoms with E-state index in [1.165, 1.54) is 5.69 Å². The van der Waals surface area contributed by atoms with Crippen LogP contribution in [0, 0.1) is 5.41 Å². The molecule has 136 valence electrons. The van der Waals surface area contributed by atoms with E-state index in [9.17, 15) is 9.90 Å². The van der Waals surface area contributed by atoms with Crippen LogP contribution in [-0.4, -0.2) is 48.8 Å². The Labute approximate surface area is 150 Å². The number of aliphatic hydroxyl groups excluding tert-OH is 1. The van der Waals surface area contributed by atoms with E-state index in [0.29, 0.717) is 6.54 Å². The first-order chi connectivity index (χ1) is 12.2. The monoisotopic (exact) mass is 343 g/mol. The average molecular weight is 343 g/mol. The molecular weight excluding hydrogens is 314 g/mol. The summed E-state index contributed by atoms with van der Waals surface area (Å²) in [7, 11) is 0. The van der Waals surface area contributed by atoms with E-state index >= 15 is 0 Å². The summed E-state index contributed by atoms with van der Waals surface area (Å²) in [5.41, 5.74) is 2.33. The third-order valence-electron chi connectivity index (χ3n) is 5.73. The van der Waals surface area contributed by atoms with Gasteiger partial charge in [-0.05, 0) is 42.4 Å². The lowest BCUT2D eigenvalue weighted by atomic mass is 9.77. The van der Waals surface area contributed by atoms with E-state index in [1.807, 2.05) is 11.0 Å². The molecule has 0 aliphatic carbocycles. The van der Waals surface area contributed by atoms with Gasteiger partial charge < -0.3 is 20.2 Å². The largest absolute Gasteiger partial charge is 0.396 e. The number of benzene rings is 1. The Balaban J connectivity index is 1.50. The molecule has 2 aliphatic heterocycles. The first-order valence-corrected chi connectivity index (χ1v) is 9.28. The minimum absolute atomic E-state index is 0.00381. The van der Waals surface area contributed by atoms with Crippen LogP contribution in [-0.2, 0) is 6.54 Å². The van der Waals surface area contributed by atoms with Crippen LogP contribution in [0.3, 0.4) is 0 Å². The van der Waals surface area contributed by atoms with Gasteiger partial charge >= 0.3 is 6.03 Å². The molecule has 2 aliphatic rings. The number of carbonyl (C=O) groups is 1. The van der Waals surface area contributed by atoms with Gasteiger partial charge in [-0.1, -0.05) is 31.2 Å². The molecule has 0 bridgehead atoms. The van der Waals surface area contributed by atoms with Gasteiger partial charge in [0.15, 0.2) is 0 Å². The molecule has 5 heteroatoms. The summed E-state index contributed by atoms with van der Waals surface area (Å²) < 4.78 is 0. The van der Waals surface area contributed by atoms with Crippen LogP contribution in [0.5, 0.6) is 0 Å². The Morgan fingerprint density at radius 3 is 2.60 bits per heavy atom. The van der Waals surface area contributed by atoms with Gasteiger partial charge in [-0.2, -0.15) is 0 Å². The summed E-state index contributed by atoms with van der Waals surface area (Å²) in [6.07, 6.45) is 7.08. The second-order valence-corrected chi connectivity index (χ2v) is 7.20. The molecule has 2 N–H and O–H groups in total. The van der Waals surface area contributed by atoms with Crippen molar-refractivity contribution in [2.75, 3.05) is 37.7 Å². The molecule has 0 radical (unpaired) electrons. The summed E-state index contributed by atoms with van der Waals surface area (Å²) in [6.45, 7) is 6.23. The number of nitrogens with zero attached hydrogens (tertiary/aromatic N) is 2. The van der Waals surface area contributed by atoms with Gasteiger partial charge in [-0.3, -0.25) is 0 Å². The van der Waals surface area contributed by atoms with Gasteiger partial charge in [0.25, 0.3) is 0 Å². The van der Waals surface area contributed by atoms with Gasteiger partial charge in [-0.25, -0.2) is 4.79 Å². The lowest BCUT2D eigenvalue weighted by Gasteiger charge is -2.40. The van der Waals surface area contributed by atoms with Crippen LogP contribution in [0.4, 0.5) is 10.5 Å². The molecule has 5 nitrogen and oxygen atoms in total. The second kappa shape index (κ2) is 7.91. The Bertz CT molecular complexity index is 607. The highest BCUT2D eigenvalue weighted by Gasteiger charge is 2.33. The first kappa shape index (κ1) is 17.8. The van der Waals surface area contributed by atoms with Crippen LogP contribution in [0.1, 0.15) is 31.7 Å². The minimum Gasteiger partial charge on any atom is -0.396 e. The van der Waals surface area contributed by atoms with Gasteiger partial charge in [-0.15, -0.1) is 0 Å². The molecule has 25 heavy (non-hydrogen) atoms. The number of anilines is 1. The maximum atomic E-state index is 12.4. The van der Waals surface area contributed by atoms with Crippen LogP contribution < -0.4 is 10.2 Å². The van der Waals surface area contributed by atoms with E-state index in [-0.39, 0.29) is 18.1 Å². The van der Waals surface area contributed by atoms with Crippen molar-refractivity contribution in [3.8, 4) is 0 Å². The number of hydrogen-bond donors (Lipinski definition) is 2. The normalized spacial score (nSPS) is 19.3. The van der Waals surface area contributed by atoms with Crippen molar-refractivity contribution in [1.82, 2.24) is 10.2 Å². The molecule has 2 amide bonds. The molecule has 3 rings (SSSR count). The molecule has 0 spiro atoms. The Morgan fingerprint density at radius 2 is 1.96 bits per heavy atom. The number of amides is 2. The SMILES string of the molecule is CCC1(CO)CCN(C(=O)NCc2cccc(N3CC=CC3)c2)CC1. The number of carbonyl (C=O) groups excluding carboxylic acids is 1. The van der Waals surface area contributed by atoms with Crippen molar-refractivity contribution in [2.24, 2.45) is 5.41 Å². The number of aliphatic hydroxyl groups is 1. The highest BCUT2D eigenvalue weighted by Crippen LogP contribution is 2.34. The molecule has 1 fully saturated rings. The van der Waals surface area contributed by atoms with Crippen LogP contribution in [0.2, 0.25) is 0 Å². The van der Waals surface area contributed by atoms with E-state index < -0.39 is 0 Å². The van der Waals surface area contributed by atoms with Gasteiger partial charge in [0, 0.05) is 45.0 Å². The maximum absolute atomic E-state index is 12.4. The van der Waals surface area contributed by atoms with E-state index in [1.54, 1.807) is 0 Å². The smallest absolute Gasteiger partial charge is 0.317 e. The molecule has 0 aromatic heterocycles. The standard InChI is InChI=1S/C20H29N3O2/c1-2-20(16-24)8-12-23(13-9-20)19(25)21-15-17-6-5-7-18(14-17)22-10-3-4-11-22/h3-7,14,24H,2,8-13,15-16H2,1H3,(H,21,25). The number of rotatable bonds is 5. The van der Waals surface area contributed by atoms with E-state index in [0.717, 1.165) is 51.0 Å². The fourth-order valence-corrected chi connectivity index (χ4v) is 3.65. The van der Waals surface area contributed by atoms with Crippen molar-refractivity contribution >= 4 is 11.7 Å². The third kappa shape index (κ3) is 4.15. The number of hydrogen-bond acceptors (Lipinski definition) is 3. The van der Waals surface area contributed by atoms with Gasteiger partial charge in [0.2, 0.25) is 0 Å². The number of nitrogens with one attached hydrogen (secondary N) is 1. The quantitative estimate of drug-likeness (QED) is 0.808. The summed E-state index contributed by atoms with van der Waals surface area (Å²) in [5, 5.41) is 12.6. The lowest BCUT2D eigenvalue weighted by Crippen LogP contribution is -2.48. The van der Waals surface area contributed by atoms with Gasteiger partial charge in [0.05, 0.1) is 0 Å². The molecule has 0 atom stereocenters. The van der Waals surface area contributed by atoms with Crippen LogP contribution in [0.25, 0.3) is 0 Å². The first-order valence-electron chi connectivity index (χ1n) is 9.28. The Hall–Kier alpha value is -2.01. The fourth-order valence-electron chi connectivity index (χ4n) is 3.65. The highest BCUT2D eigenvalue weighted by molar-refractivity contribution is 5.74. The van der Waals surface area contributed by atoms with Crippen LogP contribution >= 0.6 is 0 Å². The Morgan fingerprint density at radius 1 is 1.24 bits per heavy atom. The molecule has 0 saturated carbocycles. The van der Waals surface area contributed by atoms with Crippen molar-refractivity contribution in [3.05, 3.63) is 42.0 Å². The highest BCUT2D eigenvalue weighted by atomic mass is 16.3. The minimum atomic E-state index is -0.00381. The summed E-state index contributed by atoms with van der Waals surface area (Å²) >= 11 is 0. The predicted octanol–water partition coefficient (Wildman–Crippen LogP) is 2.76. The maximum Gasteiger partial charge on any atom is 0.317 e. The number of piperidine rings is 1. The molecule has 1 saturated heterocycles. The topological polar surface area (TPSA) is 55.8 Å². The summed E-state index contributed by atoms with van der Waals surface area (Å²) in [5.74, 6) is 0. The zero-order valence-electron chi connectivity index (χ0n) is 15.1. The zero-order chi connectivity index (χ0) is 17.7. The third-order valence-corrected chi connectivity index (χ3v) is 5.73. The number of likely N-dealkylation sites (tertiary alicyclic amines) is 1. The lowest BCUT2D eigenvalue weighted by molar-refractivity contribution is 0.0519. The molecule has 1 aromatic carbocycles. The summed E-state index contributed by atoms with van der Waals surface area (Å²) in [4.78, 5) is 16.6. The average Bonchev–Trinajstić information content (AvgIpc) is 3.21. The zero-order valence-corrected chi connectivity index (χ0v) is 15.1. The Kier molecular flexibility index (Phi) is 5.63. The van der Waals surface area contributed by atoms with Gasteiger partial charge in [0.1, 0.15) is 0 Å².